The summed E-state index contributed by atoms with van der Waals surface area (Å²) in [5.41, 5.74) is 2.91. The predicted octanol–water partition coefficient (Wildman–Crippen LogP) is 5.97. The summed E-state index contributed by atoms with van der Waals surface area (Å²) >= 11 is 6.09. The van der Waals surface area contributed by atoms with Gasteiger partial charge in [-0.25, -0.2) is 4.79 Å². The lowest BCUT2D eigenvalue weighted by atomic mass is 9.71. The number of allylic oxidation sites excluding steroid dienone is 3. The first kappa shape index (κ1) is 28.2. The van der Waals surface area contributed by atoms with Crippen molar-refractivity contribution in [2.24, 2.45) is 0 Å². The summed E-state index contributed by atoms with van der Waals surface area (Å²) in [5, 5.41) is 14.9. The molecule has 0 fully saturated rings. The van der Waals surface area contributed by atoms with Crippen LogP contribution in [0.2, 0.25) is 5.02 Å². The number of benzene rings is 2. The number of nitro groups is 1. The highest BCUT2D eigenvalue weighted by Gasteiger charge is 2.42. The van der Waals surface area contributed by atoms with Gasteiger partial charge in [0, 0.05) is 35.4 Å². The van der Waals surface area contributed by atoms with Gasteiger partial charge < -0.3 is 19.5 Å². The molecular formula is C29H31ClN2O7. The minimum Gasteiger partial charge on any atom is -0.493 e. The first-order chi connectivity index (χ1) is 18.6. The Labute approximate surface area is 231 Å². The highest BCUT2D eigenvalue weighted by Crippen LogP contribution is 2.47. The van der Waals surface area contributed by atoms with Gasteiger partial charge in [0.15, 0.2) is 17.3 Å². The third kappa shape index (κ3) is 5.49. The van der Waals surface area contributed by atoms with Crippen molar-refractivity contribution < 1.29 is 28.7 Å². The first-order valence-corrected chi connectivity index (χ1v) is 13.1. The molecule has 0 bridgehead atoms. The third-order valence-electron chi connectivity index (χ3n) is 7.31. The summed E-state index contributed by atoms with van der Waals surface area (Å²) < 4.78 is 16.5. The van der Waals surface area contributed by atoms with Gasteiger partial charge in [-0.1, -0.05) is 30.7 Å². The number of hydrogen-bond donors (Lipinski definition) is 1. The molecule has 10 heteroatoms. The van der Waals surface area contributed by atoms with Crippen molar-refractivity contribution >= 4 is 29.0 Å². The quantitative estimate of drug-likeness (QED) is 0.241. The molecule has 4 rings (SSSR count). The fourth-order valence-corrected chi connectivity index (χ4v) is 5.35. The molecule has 1 aliphatic heterocycles. The Bertz CT molecular complexity index is 1400. The molecule has 0 aromatic heterocycles. The molecule has 0 saturated carbocycles. The van der Waals surface area contributed by atoms with Crippen molar-refractivity contribution in [1.29, 1.82) is 0 Å². The van der Waals surface area contributed by atoms with E-state index in [1.54, 1.807) is 40.2 Å². The maximum absolute atomic E-state index is 13.8. The lowest BCUT2D eigenvalue weighted by Gasteiger charge is -2.37. The summed E-state index contributed by atoms with van der Waals surface area (Å²) in [6.45, 7) is 5.44. The number of carbonyl (C=O) groups is 2. The molecule has 2 aromatic rings. The van der Waals surface area contributed by atoms with Gasteiger partial charge in [0.2, 0.25) is 0 Å². The molecular weight excluding hydrogens is 524 g/mol. The van der Waals surface area contributed by atoms with Crippen molar-refractivity contribution in [2.45, 2.75) is 58.0 Å². The zero-order chi connectivity index (χ0) is 28.4. The number of hydrogen-bond acceptors (Lipinski definition) is 8. The Hall–Kier alpha value is -3.85. The largest absolute Gasteiger partial charge is 0.493 e. The number of rotatable bonds is 8. The molecule has 3 atom stereocenters. The predicted molar refractivity (Wildman–Crippen MR) is 146 cm³/mol. The Kier molecular flexibility index (Phi) is 8.30. The Morgan fingerprint density at radius 3 is 2.46 bits per heavy atom. The van der Waals surface area contributed by atoms with Crippen LogP contribution in [0.5, 0.6) is 11.5 Å². The van der Waals surface area contributed by atoms with Gasteiger partial charge in [-0.05, 0) is 61.9 Å². The van der Waals surface area contributed by atoms with Crippen LogP contribution >= 0.6 is 11.6 Å². The van der Waals surface area contributed by atoms with E-state index in [4.69, 9.17) is 25.8 Å². The van der Waals surface area contributed by atoms with Crippen molar-refractivity contribution in [3.05, 3.63) is 85.2 Å². The summed E-state index contributed by atoms with van der Waals surface area (Å²) in [4.78, 5) is 38.3. The number of nitrogens with zero attached hydrogens (tertiary/aromatic N) is 1. The highest BCUT2D eigenvalue weighted by molar-refractivity contribution is 6.32. The molecule has 0 radical (unpaired) electrons. The molecule has 0 spiro atoms. The Morgan fingerprint density at radius 1 is 1.13 bits per heavy atom. The summed E-state index contributed by atoms with van der Waals surface area (Å²) in [7, 11) is 3.12. The molecule has 9 nitrogen and oxygen atoms in total. The number of ketones is 1. The standard InChI is InChI=1S/C29H31ClN2O7/c1-6-15(2)39-29(34)26-16(3)31-21-11-19(17-8-10-24(37-4)25(14-17)38-5)13-23(33)28(21)27(26)18-7-9-20(30)22(12-18)32(35)36/h7-10,12,14-15,19,27,31H,6,11,13H2,1-5H3/t15-,19-,27-/m1/s1. The average Bonchev–Trinajstić information content (AvgIpc) is 2.91. The molecule has 2 aromatic carbocycles. The molecule has 206 valence electrons. The fraction of sp³-hybridized carbons (Fsp3) is 0.379. The molecule has 1 aliphatic carbocycles. The second kappa shape index (κ2) is 11.5. The van der Waals surface area contributed by atoms with Gasteiger partial charge in [0.1, 0.15) is 5.02 Å². The van der Waals surface area contributed by atoms with E-state index in [2.05, 4.69) is 5.32 Å². The van der Waals surface area contributed by atoms with E-state index >= 15 is 0 Å². The lowest BCUT2D eigenvalue weighted by Crippen LogP contribution is -2.36. The van der Waals surface area contributed by atoms with Gasteiger partial charge in [0.05, 0.1) is 30.8 Å². The van der Waals surface area contributed by atoms with Crippen molar-refractivity contribution in [2.75, 3.05) is 14.2 Å². The van der Waals surface area contributed by atoms with Crippen LogP contribution in [-0.4, -0.2) is 37.0 Å². The molecule has 1 N–H and O–H groups in total. The zero-order valence-electron chi connectivity index (χ0n) is 22.5. The number of ether oxygens (including phenoxy) is 3. The van der Waals surface area contributed by atoms with E-state index < -0.39 is 16.8 Å². The van der Waals surface area contributed by atoms with Gasteiger partial charge in [0.25, 0.3) is 5.69 Å². The van der Waals surface area contributed by atoms with Crippen LogP contribution in [0.3, 0.4) is 0 Å². The number of Topliss-reactive ketones (excluding diaryl/α,β-unsaturated/α-hetero) is 1. The zero-order valence-corrected chi connectivity index (χ0v) is 23.3. The van der Waals surface area contributed by atoms with E-state index in [1.165, 1.54) is 12.1 Å². The van der Waals surface area contributed by atoms with E-state index in [0.717, 1.165) is 5.56 Å². The number of methoxy groups -OCH3 is 2. The first-order valence-electron chi connectivity index (χ1n) is 12.7. The van der Waals surface area contributed by atoms with E-state index in [1.807, 2.05) is 19.1 Å². The smallest absolute Gasteiger partial charge is 0.337 e. The van der Waals surface area contributed by atoms with Crippen LogP contribution in [0.15, 0.2) is 58.9 Å². The van der Waals surface area contributed by atoms with Crippen LogP contribution in [0, 0.1) is 10.1 Å². The molecule has 39 heavy (non-hydrogen) atoms. The van der Waals surface area contributed by atoms with Crippen molar-refractivity contribution in [3.63, 3.8) is 0 Å². The average molecular weight is 555 g/mol. The molecule has 0 unspecified atom stereocenters. The van der Waals surface area contributed by atoms with E-state index in [9.17, 15) is 19.7 Å². The van der Waals surface area contributed by atoms with Crippen molar-refractivity contribution in [1.82, 2.24) is 5.32 Å². The number of nitrogens with one attached hydrogen (secondary N) is 1. The number of esters is 1. The van der Waals surface area contributed by atoms with Crippen LogP contribution in [-0.2, 0) is 14.3 Å². The van der Waals surface area contributed by atoms with Crippen LogP contribution in [0.25, 0.3) is 0 Å². The van der Waals surface area contributed by atoms with E-state index in [-0.39, 0.29) is 40.5 Å². The molecule has 1 heterocycles. The maximum Gasteiger partial charge on any atom is 0.337 e. The van der Waals surface area contributed by atoms with Gasteiger partial charge in [-0.15, -0.1) is 0 Å². The normalized spacial score (nSPS) is 19.7. The second-order valence-corrected chi connectivity index (χ2v) is 10.1. The number of nitro benzene ring substituents is 1. The van der Waals surface area contributed by atoms with Crippen LogP contribution < -0.4 is 14.8 Å². The summed E-state index contributed by atoms with van der Waals surface area (Å²) in [5.74, 6) is -0.563. The summed E-state index contributed by atoms with van der Waals surface area (Å²) in [6.07, 6.45) is 0.954. The van der Waals surface area contributed by atoms with Crippen LogP contribution in [0.4, 0.5) is 5.69 Å². The SMILES string of the molecule is CC[C@@H](C)OC(=O)C1=C(C)NC2=C(C(=O)C[C@H](c3ccc(OC)c(OC)c3)C2)[C@@H]1c1ccc(Cl)c([N+](=O)[O-])c1. The third-order valence-corrected chi connectivity index (χ3v) is 7.63. The minimum absolute atomic E-state index is 0.0280. The highest BCUT2D eigenvalue weighted by atomic mass is 35.5. The second-order valence-electron chi connectivity index (χ2n) is 9.72. The number of carbonyl (C=O) groups excluding carboxylic acids is 2. The lowest BCUT2D eigenvalue weighted by molar-refractivity contribution is -0.384. The molecule has 2 aliphatic rings. The fourth-order valence-electron chi connectivity index (χ4n) is 5.16. The van der Waals surface area contributed by atoms with Crippen LogP contribution in [0.1, 0.15) is 63.0 Å². The summed E-state index contributed by atoms with van der Waals surface area (Å²) in [6, 6.07) is 9.95. The Morgan fingerprint density at radius 2 is 1.82 bits per heavy atom. The van der Waals surface area contributed by atoms with Gasteiger partial charge >= 0.3 is 5.97 Å². The molecule has 0 saturated heterocycles. The van der Waals surface area contributed by atoms with Gasteiger partial charge in [-0.3, -0.25) is 14.9 Å². The monoisotopic (exact) mass is 554 g/mol. The molecule has 0 amide bonds. The topological polar surface area (TPSA) is 117 Å². The maximum atomic E-state index is 13.8. The number of dihydropyridines is 1. The van der Waals surface area contributed by atoms with E-state index in [0.29, 0.717) is 46.9 Å². The number of halogens is 1. The van der Waals surface area contributed by atoms with Gasteiger partial charge in [-0.2, -0.15) is 0 Å². The Balaban J connectivity index is 1.82. The minimum atomic E-state index is -0.840. The van der Waals surface area contributed by atoms with Crippen molar-refractivity contribution in [3.8, 4) is 11.5 Å².